The molecular weight excluding hydrogens is 492 g/mol. The molecule has 1 heterocycles. The normalized spacial score (nSPS) is 12.5. The number of thioether (sulfide) groups is 1. The van der Waals surface area contributed by atoms with Crippen LogP contribution in [0.2, 0.25) is 0 Å². The first-order valence-electron chi connectivity index (χ1n) is 11.1. The van der Waals surface area contributed by atoms with E-state index in [0.717, 1.165) is 20.3 Å². The molecular formula is C27H24N4O3S2. The van der Waals surface area contributed by atoms with Gasteiger partial charge in [-0.25, -0.2) is 0 Å². The third-order valence-corrected chi connectivity index (χ3v) is 7.62. The lowest BCUT2D eigenvalue weighted by atomic mass is 10.1. The van der Waals surface area contributed by atoms with Crippen molar-refractivity contribution < 1.29 is 14.4 Å². The Morgan fingerprint density at radius 3 is 2.53 bits per heavy atom. The first-order valence-corrected chi connectivity index (χ1v) is 12.9. The van der Waals surface area contributed by atoms with E-state index in [1.54, 1.807) is 43.6 Å². The number of nitrogens with one attached hydrogen (secondary N) is 3. The van der Waals surface area contributed by atoms with Gasteiger partial charge in [0.15, 0.2) is 0 Å². The fraction of sp³-hybridized carbons (Fsp3) is 0.111. The first-order chi connectivity index (χ1) is 17.5. The van der Waals surface area contributed by atoms with Gasteiger partial charge in [0.25, 0.3) is 17.7 Å². The molecule has 0 bridgehead atoms. The highest BCUT2D eigenvalue weighted by atomic mass is 32.2. The van der Waals surface area contributed by atoms with E-state index in [2.05, 4.69) is 27.7 Å². The molecule has 3 aromatic carbocycles. The number of fused-ring (bicyclic) bond motifs is 2. The van der Waals surface area contributed by atoms with Crippen LogP contribution in [-0.2, 0) is 5.75 Å². The van der Waals surface area contributed by atoms with E-state index in [9.17, 15) is 14.4 Å². The van der Waals surface area contributed by atoms with Crippen molar-refractivity contribution in [2.24, 2.45) is 4.99 Å². The minimum atomic E-state index is -0.260. The maximum Gasteiger partial charge on any atom is 0.256 e. The van der Waals surface area contributed by atoms with Crippen LogP contribution < -0.4 is 16.0 Å². The highest BCUT2D eigenvalue weighted by molar-refractivity contribution is 8.02. The van der Waals surface area contributed by atoms with Crippen LogP contribution in [0.3, 0.4) is 0 Å². The van der Waals surface area contributed by atoms with Gasteiger partial charge < -0.3 is 16.0 Å². The molecule has 1 aliphatic rings. The van der Waals surface area contributed by atoms with Gasteiger partial charge in [-0.15, -0.1) is 11.8 Å². The second-order valence-corrected chi connectivity index (χ2v) is 9.97. The second kappa shape index (κ2) is 11.7. The van der Waals surface area contributed by atoms with E-state index in [1.165, 1.54) is 23.5 Å². The average molecular weight is 517 g/mol. The van der Waals surface area contributed by atoms with E-state index in [0.29, 0.717) is 28.1 Å². The monoisotopic (exact) mass is 516 g/mol. The van der Waals surface area contributed by atoms with Crippen molar-refractivity contribution in [1.82, 2.24) is 10.6 Å². The number of rotatable bonds is 8. The Kier molecular flexibility index (Phi) is 8.24. The summed E-state index contributed by atoms with van der Waals surface area (Å²) in [6.45, 7) is 3.80. The molecule has 0 aromatic heterocycles. The fourth-order valence-electron chi connectivity index (χ4n) is 3.49. The van der Waals surface area contributed by atoms with Crippen LogP contribution >= 0.6 is 23.5 Å². The standard InChI is InChI=1S/C27H24N4O3S2/c1-28-14-20(35-16-17-7-9-18(10-8-17)25(32)29-2)15-30-26(33)19-11-12-24-22(13-19)31-27(34)21-5-3-4-6-23(21)36-24/h3-14H,1,15-16H2,2H3,(H,29,32)(H,30,33)(H,31,34)/b20-14-. The molecule has 0 saturated heterocycles. The molecule has 0 spiro atoms. The zero-order chi connectivity index (χ0) is 25.5. The summed E-state index contributed by atoms with van der Waals surface area (Å²) in [6, 6.07) is 20.1. The second-order valence-electron chi connectivity index (χ2n) is 7.79. The minimum Gasteiger partial charge on any atom is -0.355 e. The van der Waals surface area contributed by atoms with Crippen molar-refractivity contribution in [3.63, 3.8) is 0 Å². The predicted octanol–water partition coefficient (Wildman–Crippen LogP) is 4.97. The molecule has 0 saturated carbocycles. The molecule has 0 unspecified atom stereocenters. The van der Waals surface area contributed by atoms with Gasteiger partial charge >= 0.3 is 0 Å². The number of anilines is 1. The van der Waals surface area contributed by atoms with Gasteiger partial charge in [0, 0.05) is 44.8 Å². The molecule has 0 aliphatic carbocycles. The molecule has 0 radical (unpaired) electrons. The van der Waals surface area contributed by atoms with Crippen molar-refractivity contribution in [3.8, 4) is 0 Å². The van der Waals surface area contributed by atoms with E-state index >= 15 is 0 Å². The highest BCUT2D eigenvalue weighted by Crippen LogP contribution is 2.39. The summed E-state index contributed by atoms with van der Waals surface area (Å²) >= 11 is 3.02. The molecule has 3 amide bonds. The molecule has 0 atom stereocenters. The van der Waals surface area contributed by atoms with Crippen LogP contribution in [0.4, 0.5) is 5.69 Å². The van der Waals surface area contributed by atoms with Gasteiger partial charge in [0.1, 0.15) is 0 Å². The molecule has 7 nitrogen and oxygen atoms in total. The van der Waals surface area contributed by atoms with Crippen LogP contribution in [0.15, 0.2) is 92.6 Å². The Morgan fingerprint density at radius 2 is 1.78 bits per heavy atom. The fourth-order valence-corrected chi connectivity index (χ4v) is 5.37. The van der Waals surface area contributed by atoms with E-state index < -0.39 is 0 Å². The molecule has 3 aromatic rings. The summed E-state index contributed by atoms with van der Waals surface area (Å²) < 4.78 is 0. The van der Waals surface area contributed by atoms with Crippen molar-refractivity contribution >= 4 is 53.7 Å². The predicted molar refractivity (Wildman–Crippen MR) is 146 cm³/mol. The van der Waals surface area contributed by atoms with Crippen molar-refractivity contribution in [1.29, 1.82) is 0 Å². The van der Waals surface area contributed by atoms with Gasteiger partial charge in [0.05, 0.1) is 17.8 Å². The number of carbonyl (C=O) groups is 3. The Hall–Kier alpha value is -3.82. The molecule has 4 rings (SSSR count). The van der Waals surface area contributed by atoms with Crippen molar-refractivity contribution in [2.75, 3.05) is 18.9 Å². The summed E-state index contributed by atoms with van der Waals surface area (Å²) in [5.74, 6) is 0.0584. The van der Waals surface area contributed by atoms with Crippen molar-refractivity contribution in [3.05, 3.63) is 100 Å². The minimum absolute atomic E-state index is 0.131. The lowest BCUT2D eigenvalue weighted by molar-refractivity contribution is 0.0951. The van der Waals surface area contributed by atoms with E-state index in [4.69, 9.17) is 0 Å². The van der Waals surface area contributed by atoms with Crippen LogP contribution in [-0.4, -0.2) is 38.0 Å². The van der Waals surface area contributed by atoms with Crippen LogP contribution in [0.25, 0.3) is 0 Å². The zero-order valence-electron chi connectivity index (χ0n) is 19.5. The maximum atomic E-state index is 12.9. The number of amides is 3. The number of nitrogens with zero attached hydrogens (tertiary/aromatic N) is 1. The summed E-state index contributed by atoms with van der Waals surface area (Å²) in [5.41, 5.74) is 3.29. The first kappa shape index (κ1) is 25.3. The number of hydrogen-bond donors (Lipinski definition) is 3. The molecule has 3 N–H and O–H groups in total. The van der Waals surface area contributed by atoms with Gasteiger partial charge in [-0.05, 0) is 54.7 Å². The third-order valence-electron chi connectivity index (χ3n) is 5.37. The maximum absolute atomic E-state index is 12.9. The summed E-state index contributed by atoms with van der Waals surface area (Å²) in [4.78, 5) is 43.6. The highest BCUT2D eigenvalue weighted by Gasteiger charge is 2.20. The molecule has 36 heavy (non-hydrogen) atoms. The van der Waals surface area contributed by atoms with Crippen LogP contribution in [0, 0.1) is 0 Å². The Morgan fingerprint density at radius 1 is 1.03 bits per heavy atom. The van der Waals surface area contributed by atoms with Gasteiger partial charge in [-0.2, -0.15) is 0 Å². The SMILES string of the molecule is C=N/C=C(/CNC(=O)c1ccc2c(c1)NC(=O)c1ccccc1S2)SCc1ccc(C(=O)NC)cc1. The Bertz CT molecular complexity index is 1350. The number of benzene rings is 3. The van der Waals surface area contributed by atoms with E-state index in [1.807, 2.05) is 36.4 Å². The van der Waals surface area contributed by atoms with Crippen LogP contribution in [0.1, 0.15) is 36.6 Å². The molecule has 0 fully saturated rings. The Labute approximate surface area is 217 Å². The van der Waals surface area contributed by atoms with Gasteiger partial charge in [-0.1, -0.05) is 36.0 Å². The third kappa shape index (κ3) is 6.05. The molecule has 182 valence electrons. The molecule has 9 heteroatoms. The lowest BCUT2D eigenvalue weighted by Crippen LogP contribution is -2.25. The smallest absolute Gasteiger partial charge is 0.256 e. The Balaban J connectivity index is 1.38. The summed E-state index contributed by atoms with van der Waals surface area (Å²) in [7, 11) is 1.60. The van der Waals surface area contributed by atoms with Crippen LogP contribution in [0.5, 0.6) is 0 Å². The number of hydrogen-bond acceptors (Lipinski definition) is 6. The summed E-state index contributed by atoms with van der Waals surface area (Å²) in [5, 5.41) is 8.42. The zero-order valence-corrected chi connectivity index (χ0v) is 21.2. The lowest BCUT2D eigenvalue weighted by Gasteiger charge is -2.11. The average Bonchev–Trinajstić information content (AvgIpc) is 3.05. The number of aliphatic imine (C=N–C) groups is 1. The largest absolute Gasteiger partial charge is 0.355 e. The van der Waals surface area contributed by atoms with Gasteiger partial charge in [0.2, 0.25) is 0 Å². The number of carbonyl (C=O) groups excluding carboxylic acids is 3. The summed E-state index contributed by atoms with van der Waals surface area (Å²) in [6.07, 6.45) is 1.62. The van der Waals surface area contributed by atoms with Crippen molar-refractivity contribution in [2.45, 2.75) is 15.5 Å². The van der Waals surface area contributed by atoms with Gasteiger partial charge in [-0.3, -0.25) is 19.4 Å². The van der Waals surface area contributed by atoms with E-state index in [-0.39, 0.29) is 24.3 Å². The molecule has 1 aliphatic heterocycles. The quantitative estimate of drug-likeness (QED) is 0.367. The topological polar surface area (TPSA) is 99.7 Å².